The Bertz CT molecular complexity index is 1780. The quantitative estimate of drug-likeness (QED) is 0.428. The van der Waals surface area contributed by atoms with Crippen LogP contribution in [0.2, 0.25) is 0 Å². The van der Waals surface area contributed by atoms with Gasteiger partial charge in [-0.05, 0) is 80.1 Å². The van der Waals surface area contributed by atoms with Crippen LogP contribution >= 0.6 is 0 Å². The topological polar surface area (TPSA) is 123 Å². The molecule has 2 amide bonds. The number of carbonyl (C=O) groups excluding carboxylic acids is 2. The monoisotopic (exact) mass is 635 g/mol. The van der Waals surface area contributed by atoms with Crippen molar-refractivity contribution >= 4 is 39.1 Å². The van der Waals surface area contributed by atoms with Gasteiger partial charge in [0.05, 0.1) is 31.6 Å². The van der Waals surface area contributed by atoms with Crippen LogP contribution in [0.1, 0.15) is 73.5 Å². The summed E-state index contributed by atoms with van der Waals surface area (Å²) in [4.78, 5) is 34.0. The second-order valence-electron chi connectivity index (χ2n) is 12.6. The van der Waals surface area contributed by atoms with Gasteiger partial charge in [-0.15, -0.1) is 0 Å². The molecular weight excluding hydrogens is 594 g/mol. The predicted molar refractivity (Wildman–Crippen MR) is 172 cm³/mol. The largest absolute Gasteiger partial charge is 0.497 e. The van der Waals surface area contributed by atoms with Gasteiger partial charge in [0, 0.05) is 43.7 Å². The molecule has 3 aliphatic rings. The smallest absolute Gasteiger partial charge is 0.303 e. The van der Waals surface area contributed by atoms with Crippen LogP contribution in [0.15, 0.2) is 35.9 Å². The lowest BCUT2D eigenvalue weighted by atomic mass is 9.81. The van der Waals surface area contributed by atoms with Crippen LogP contribution in [-0.2, 0) is 26.3 Å². The van der Waals surface area contributed by atoms with E-state index in [2.05, 4.69) is 4.72 Å². The van der Waals surface area contributed by atoms with Crippen LogP contribution < -0.4 is 9.46 Å². The van der Waals surface area contributed by atoms with Gasteiger partial charge in [0.2, 0.25) is 0 Å². The molecule has 2 fully saturated rings. The molecule has 2 aliphatic heterocycles. The fourth-order valence-corrected chi connectivity index (χ4v) is 7.48. The molecule has 2 unspecified atom stereocenters. The van der Waals surface area contributed by atoms with E-state index in [9.17, 15) is 18.0 Å². The summed E-state index contributed by atoms with van der Waals surface area (Å²) in [7, 11) is 0.311. The van der Waals surface area contributed by atoms with Crippen molar-refractivity contribution < 1.29 is 27.5 Å². The van der Waals surface area contributed by atoms with Crippen molar-refractivity contribution in [3.63, 3.8) is 0 Å². The molecule has 45 heavy (non-hydrogen) atoms. The molecule has 0 radical (unpaired) electrons. The number of nitrogens with one attached hydrogen (secondary N) is 1. The zero-order chi connectivity index (χ0) is 32.0. The summed E-state index contributed by atoms with van der Waals surface area (Å²) in [6, 6.07) is 9.39. The van der Waals surface area contributed by atoms with Crippen molar-refractivity contribution in [2.24, 2.45) is 0 Å². The highest BCUT2D eigenvalue weighted by Gasteiger charge is 2.34. The van der Waals surface area contributed by atoms with Gasteiger partial charge in [-0.25, -0.2) is 9.71 Å². The van der Waals surface area contributed by atoms with Crippen molar-refractivity contribution in [2.75, 3.05) is 34.3 Å². The van der Waals surface area contributed by atoms with E-state index in [1.54, 1.807) is 13.2 Å². The van der Waals surface area contributed by atoms with E-state index in [0.29, 0.717) is 30.1 Å². The highest BCUT2D eigenvalue weighted by atomic mass is 32.2. The predicted octanol–water partition coefficient (Wildman–Crippen LogP) is 4.33. The van der Waals surface area contributed by atoms with Crippen LogP contribution in [0.5, 0.6) is 5.75 Å². The first-order chi connectivity index (χ1) is 21.5. The maximum Gasteiger partial charge on any atom is 0.303 e. The molecule has 6 rings (SSSR count). The third-order valence-electron chi connectivity index (χ3n) is 9.05. The van der Waals surface area contributed by atoms with E-state index >= 15 is 0 Å². The number of amides is 2. The molecule has 1 aliphatic carbocycles. The van der Waals surface area contributed by atoms with Crippen molar-refractivity contribution in [3.05, 3.63) is 52.7 Å². The molecule has 2 aromatic heterocycles. The number of fused-ring (bicyclic) bond motifs is 5. The lowest BCUT2D eigenvalue weighted by molar-refractivity contribution is -0.139. The SMILES string of the molecule is COc1ccc2c(c1)C=C(C(=O)N1CC(C)OC(C)C1)Cn1c-2c(C2CCCCC2)c2ccc(C(=O)NS(=O)(=O)N(C)C)nc21. The Kier molecular flexibility index (Phi) is 8.49. The van der Waals surface area contributed by atoms with Crippen LogP contribution in [0.3, 0.4) is 0 Å². The average Bonchev–Trinajstić information content (AvgIpc) is 3.22. The van der Waals surface area contributed by atoms with Gasteiger partial charge in [0.1, 0.15) is 17.1 Å². The molecule has 1 N–H and O–H groups in total. The maximum absolute atomic E-state index is 14.2. The van der Waals surface area contributed by atoms with E-state index in [-0.39, 0.29) is 36.3 Å². The summed E-state index contributed by atoms with van der Waals surface area (Å²) in [6.45, 7) is 5.15. The molecule has 3 aromatic rings. The van der Waals surface area contributed by atoms with Gasteiger partial charge < -0.3 is 18.9 Å². The molecule has 0 bridgehead atoms. The van der Waals surface area contributed by atoms with Gasteiger partial charge in [0.25, 0.3) is 11.8 Å². The molecule has 1 saturated heterocycles. The second kappa shape index (κ2) is 12.2. The Hall–Kier alpha value is -3.74. The fourth-order valence-electron chi connectivity index (χ4n) is 6.96. The van der Waals surface area contributed by atoms with Crippen molar-refractivity contribution in [1.29, 1.82) is 0 Å². The molecule has 11 nitrogen and oxygen atoms in total. The van der Waals surface area contributed by atoms with Gasteiger partial charge in [-0.1, -0.05) is 19.3 Å². The number of pyridine rings is 1. The number of rotatable bonds is 6. The van der Waals surface area contributed by atoms with Gasteiger partial charge in [-0.2, -0.15) is 12.7 Å². The van der Waals surface area contributed by atoms with Crippen molar-refractivity contribution in [1.82, 2.24) is 23.5 Å². The number of hydrogen-bond acceptors (Lipinski definition) is 7. The number of ether oxygens (including phenoxy) is 2. The summed E-state index contributed by atoms with van der Waals surface area (Å²) in [6.07, 6.45) is 7.28. The highest BCUT2D eigenvalue weighted by Crippen LogP contribution is 2.46. The Morgan fingerprint density at radius 2 is 1.76 bits per heavy atom. The van der Waals surface area contributed by atoms with Gasteiger partial charge >= 0.3 is 10.2 Å². The first kappa shape index (κ1) is 31.3. The molecule has 2 atom stereocenters. The van der Waals surface area contributed by atoms with E-state index in [4.69, 9.17) is 14.5 Å². The minimum Gasteiger partial charge on any atom is -0.497 e. The lowest BCUT2D eigenvalue weighted by Crippen LogP contribution is -2.48. The number of methoxy groups -OCH3 is 1. The van der Waals surface area contributed by atoms with Crippen molar-refractivity contribution in [3.8, 4) is 17.0 Å². The first-order valence-electron chi connectivity index (χ1n) is 15.6. The Morgan fingerprint density at radius 3 is 2.42 bits per heavy atom. The number of carbonyl (C=O) groups is 2. The summed E-state index contributed by atoms with van der Waals surface area (Å²) >= 11 is 0. The van der Waals surface area contributed by atoms with E-state index in [0.717, 1.165) is 57.8 Å². The van der Waals surface area contributed by atoms with Crippen LogP contribution in [0, 0.1) is 0 Å². The number of hydrogen-bond donors (Lipinski definition) is 1. The number of benzene rings is 1. The standard InChI is InChI=1S/C33H41N5O6S/c1-20-17-37(18-21(2)44-20)33(40)24-15-23-16-25(43-5)11-12-26(23)30-29(22-9-7-6-8-10-22)27-13-14-28(34-31(27)38(30)19-24)32(39)35-45(41,42)36(3)4/h11-16,20-22H,6-10,17-19H2,1-5H3,(H,35,39). The maximum atomic E-state index is 14.2. The van der Waals surface area contributed by atoms with Gasteiger partial charge in [-0.3, -0.25) is 9.59 Å². The minimum absolute atomic E-state index is 0.0182. The second-order valence-corrected chi connectivity index (χ2v) is 14.4. The minimum atomic E-state index is -4.02. The Balaban J connectivity index is 1.55. The molecule has 240 valence electrons. The first-order valence-corrected chi connectivity index (χ1v) is 17.0. The molecule has 4 heterocycles. The highest BCUT2D eigenvalue weighted by molar-refractivity contribution is 7.87. The van der Waals surface area contributed by atoms with Crippen LogP contribution in [0.25, 0.3) is 28.4 Å². The molecule has 0 spiro atoms. The van der Waals surface area contributed by atoms with Crippen molar-refractivity contribution in [2.45, 2.75) is 70.6 Å². The number of morpholine rings is 1. The molecule has 1 aromatic carbocycles. The zero-order valence-corrected chi connectivity index (χ0v) is 27.3. The van der Waals surface area contributed by atoms with Crippen LogP contribution in [-0.4, -0.2) is 85.5 Å². The van der Waals surface area contributed by atoms with E-state index in [1.807, 2.05) is 53.7 Å². The summed E-state index contributed by atoms with van der Waals surface area (Å²) in [5, 5.41) is 0.910. The third kappa shape index (κ3) is 5.98. The van der Waals surface area contributed by atoms with E-state index in [1.165, 1.54) is 20.5 Å². The number of nitrogens with zero attached hydrogens (tertiary/aromatic N) is 4. The lowest BCUT2D eigenvalue weighted by Gasteiger charge is -2.35. The Labute approximate surface area is 264 Å². The van der Waals surface area contributed by atoms with Crippen LogP contribution in [0.4, 0.5) is 0 Å². The summed E-state index contributed by atoms with van der Waals surface area (Å²) in [5.41, 5.74) is 5.09. The molecule has 12 heteroatoms. The Morgan fingerprint density at radius 1 is 1.04 bits per heavy atom. The summed E-state index contributed by atoms with van der Waals surface area (Å²) < 4.78 is 41.5. The van der Waals surface area contributed by atoms with Gasteiger partial charge in [0.15, 0.2) is 0 Å². The molecule has 1 saturated carbocycles. The number of aromatic nitrogens is 2. The normalized spacial score (nSPS) is 20.8. The fraction of sp³-hybridized carbons (Fsp3) is 0.485. The zero-order valence-electron chi connectivity index (χ0n) is 26.5. The third-order valence-corrected chi connectivity index (χ3v) is 10.5. The van der Waals surface area contributed by atoms with E-state index < -0.39 is 16.1 Å². The molecular formula is C33H41N5O6S. The average molecular weight is 636 g/mol. The summed E-state index contributed by atoms with van der Waals surface area (Å²) in [5.74, 6) is 0.0718.